The average molecular weight is 368 g/mol. The lowest BCUT2D eigenvalue weighted by molar-refractivity contribution is 0.0116. The Morgan fingerprint density at radius 2 is 1.88 bits per heavy atom. The highest BCUT2D eigenvalue weighted by molar-refractivity contribution is 6.30. The lowest BCUT2D eigenvalue weighted by Gasteiger charge is -2.20. The van der Waals surface area contributed by atoms with Gasteiger partial charge in [-0.25, -0.2) is 4.39 Å². The van der Waals surface area contributed by atoms with E-state index in [1.165, 1.54) is 6.07 Å². The fourth-order valence-corrected chi connectivity index (χ4v) is 2.40. The number of rotatable bonds is 10. The number of aliphatic hydroxyl groups excluding tert-OH is 1. The van der Waals surface area contributed by atoms with E-state index in [1.54, 1.807) is 30.3 Å². The number of hydrogen-bond acceptors (Lipinski definition) is 4. The molecule has 0 aliphatic rings. The summed E-state index contributed by atoms with van der Waals surface area (Å²) in [6.45, 7) is 1.90. The Labute approximate surface area is 152 Å². The van der Waals surface area contributed by atoms with Crippen LogP contribution in [0.5, 0.6) is 5.75 Å². The lowest BCUT2D eigenvalue weighted by Crippen LogP contribution is -2.34. The summed E-state index contributed by atoms with van der Waals surface area (Å²) in [5.41, 5.74) is 0.486. The topological polar surface area (TPSA) is 41.9 Å². The van der Waals surface area contributed by atoms with E-state index in [2.05, 4.69) is 0 Å². The number of benzene rings is 2. The van der Waals surface area contributed by atoms with Crippen LogP contribution in [-0.4, -0.2) is 49.5 Å². The molecule has 2 aromatic carbocycles. The molecule has 0 aliphatic carbocycles. The van der Waals surface area contributed by atoms with E-state index >= 15 is 0 Å². The summed E-state index contributed by atoms with van der Waals surface area (Å²) < 4.78 is 24.5. The van der Waals surface area contributed by atoms with Crippen molar-refractivity contribution >= 4 is 11.6 Å². The van der Waals surface area contributed by atoms with Crippen LogP contribution in [0.25, 0.3) is 0 Å². The summed E-state index contributed by atoms with van der Waals surface area (Å²) in [7, 11) is 1.89. The maximum Gasteiger partial charge on any atom is 0.128 e. The number of likely N-dealkylation sites (N-methyl/N-ethyl adjacent to an activating group) is 1. The highest BCUT2D eigenvalue weighted by Crippen LogP contribution is 2.15. The minimum atomic E-state index is -0.646. The molecule has 136 valence electrons. The molecular weight excluding hydrogens is 345 g/mol. The van der Waals surface area contributed by atoms with E-state index in [0.717, 1.165) is 5.75 Å². The second-order valence-corrected chi connectivity index (χ2v) is 6.26. The second-order valence-electron chi connectivity index (χ2n) is 5.82. The summed E-state index contributed by atoms with van der Waals surface area (Å²) in [6, 6.07) is 13.6. The molecule has 0 fully saturated rings. The first kappa shape index (κ1) is 19.7. The zero-order valence-corrected chi connectivity index (χ0v) is 15.0. The number of hydrogen-bond donors (Lipinski definition) is 1. The summed E-state index contributed by atoms with van der Waals surface area (Å²) in [4.78, 5) is 1.95. The van der Waals surface area contributed by atoms with Gasteiger partial charge < -0.3 is 19.5 Å². The van der Waals surface area contributed by atoms with Crippen LogP contribution in [0.2, 0.25) is 5.02 Å². The molecular formula is C19H23ClFNO3. The van der Waals surface area contributed by atoms with Crippen LogP contribution in [0.15, 0.2) is 48.5 Å². The molecule has 2 aromatic rings. The number of aliphatic hydroxyl groups is 1. The largest absolute Gasteiger partial charge is 0.492 e. The van der Waals surface area contributed by atoms with Crippen LogP contribution >= 0.6 is 11.6 Å². The van der Waals surface area contributed by atoms with Gasteiger partial charge in [0.25, 0.3) is 0 Å². The monoisotopic (exact) mass is 367 g/mol. The van der Waals surface area contributed by atoms with Crippen LogP contribution in [0, 0.1) is 5.82 Å². The third-order valence-corrected chi connectivity index (χ3v) is 3.86. The first-order valence-corrected chi connectivity index (χ1v) is 8.48. The van der Waals surface area contributed by atoms with Crippen molar-refractivity contribution in [2.24, 2.45) is 0 Å². The highest BCUT2D eigenvalue weighted by Gasteiger charge is 2.09. The minimum absolute atomic E-state index is 0.146. The van der Waals surface area contributed by atoms with Crippen molar-refractivity contribution in [1.29, 1.82) is 0 Å². The van der Waals surface area contributed by atoms with Gasteiger partial charge in [-0.05, 0) is 37.4 Å². The molecule has 0 saturated carbocycles. The Balaban J connectivity index is 1.60. The maximum atomic E-state index is 13.5. The van der Waals surface area contributed by atoms with Gasteiger partial charge in [0.15, 0.2) is 0 Å². The van der Waals surface area contributed by atoms with Crippen LogP contribution in [-0.2, 0) is 11.3 Å². The van der Waals surface area contributed by atoms with Gasteiger partial charge >= 0.3 is 0 Å². The summed E-state index contributed by atoms with van der Waals surface area (Å²) in [5.74, 6) is 0.458. The number of nitrogens with zero attached hydrogens (tertiary/aromatic N) is 1. The first-order chi connectivity index (χ1) is 12.0. The Kier molecular flexibility index (Phi) is 8.15. The van der Waals surface area contributed by atoms with Gasteiger partial charge in [-0.15, -0.1) is 0 Å². The highest BCUT2D eigenvalue weighted by atomic mass is 35.5. The number of ether oxygens (including phenoxy) is 2. The molecule has 0 amide bonds. The Morgan fingerprint density at radius 3 is 2.60 bits per heavy atom. The average Bonchev–Trinajstić information content (AvgIpc) is 2.58. The van der Waals surface area contributed by atoms with Crippen molar-refractivity contribution in [3.05, 3.63) is 64.9 Å². The van der Waals surface area contributed by atoms with E-state index in [9.17, 15) is 9.50 Å². The first-order valence-electron chi connectivity index (χ1n) is 8.10. The molecule has 1 N–H and O–H groups in total. The third kappa shape index (κ3) is 7.40. The second kappa shape index (κ2) is 10.4. The van der Waals surface area contributed by atoms with Crippen LogP contribution in [0.4, 0.5) is 4.39 Å². The molecule has 0 aromatic heterocycles. The Hall–Kier alpha value is -1.66. The van der Waals surface area contributed by atoms with Crippen LogP contribution < -0.4 is 4.74 Å². The van der Waals surface area contributed by atoms with Gasteiger partial charge in [-0.3, -0.25) is 0 Å². The van der Waals surface area contributed by atoms with Gasteiger partial charge in [-0.1, -0.05) is 29.8 Å². The van der Waals surface area contributed by atoms with Crippen molar-refractivity contribution in [1.82, 2.24) is 4.90 Å². The van der Waals surface area contributed by atoms with Crippen molar-refractivity contribution in [3.63, 3.8) is 0 Å². The van der Waals surface area contributed by atoms with Gasteiger partial charge in [-0.2, -0.15) is 0 Å². The quantitative estimate of drug-likeness (QED) is 0.699. The molecule has 0 heterocycles. The minimum Gasteiger partial charge on any atom is -0.492 e. The van der Waals surface area contributed by atoms with Gasteiger partial charge in [0.1, 0.15) is 18.2 Å². The van der Waals surface area contributed by atoms with Gasteiger partial charge in [0.05, 0.1) is 19.3 Å². The van der Waals surface area contributed by atoms with Crippen molar-refractivity contribution in [2.75, 3.05) is 33.4 Å². The summed E-state index contributed by atoms with van der Waals surface area (Å²) in [5, 5.41) is 10.7. The molecule has 2 rings (SSSR count). The lowest BCUT2D eigenvalue weighted by atomic mass is 10.2. The smallest absolute Gasteiger partial charge is 0.128 e. The van der Waals surface area contributed by atoms with Crippen molar-refractivity contribution in [3.8, 4) is 5.75 Å². The maximum absolute atomic E-state index is 13.5. The molecule has 25 heavy (non-hydrogen) atoms. The van der Waals surface area contributed by atoms with Gasteiger partial charge in [0.2, 0.25) is 0 Å². The molecule has 1 atom stereocenters. The SMILES string of the molecule is CN(CCOc1ccc(Cl)cc1)C[C@@H](O)COCc1ccccc1F. The van der Waals surface area contributed by atoms with Gasteiger partial charge in [0, 0.05) is 23.7 Å². The summed E-state index contributed by atoms with van der Waals surface area (Å²) in [6.07, 6.45) is -0.646. The molecule has 4 nitrogen and oxygen atoms in total. The van der Waals surface area contributed by atoms with E-state index in [0.29, 0.717) is 30.3 Å². The predicted molar refractivity (Wildman–Crippen MR) is 96.5 cm³/mol. The third-order valence-electron chi connectivity index (χ3n) is 3.60. The van der Waals surface area contributed by atoms with Crippen molar-refractivity contribution in [2.45, 2.75) is 12.7 Å². The van der Waals surface area contributed by atoms with E-state index in [1.807, 2.05) is 24.1 Å². The molecule has 0 radical (unpaired) electrons. The predicted octanol–water partition coefficient (Wildman–Crippen LogP) is 3.37. The number of halogens is 2. The summed E-state index contributed by atoms with van der Waals surface area (Å²) >= 11 is 5.82. The molecule has 0 saturated heterocycles. The standard InChI is InChI=1S/C19H23ClFNO3/c1-22(10-11-25-18-8-6-16(20)7-9-18)12-17(23)14-24-13-15-4-2-3-5-19(15)21/h2-9,17,23H,10-14H2,1H3/t17-/m1/s1. The normalized spacial score (nSPS) is 12.4. The Morgan fingerprint density at radius 1 is 1.16 bits per heavy atom. The fourth-order valence-electron chi connectivity index (χ4n) is 2.27. The zero-order chi connectivity index (χ0) is 18.1. The van der Waals surface area contributed by atoms with E-state index in [4.69, 9.17) is 21.1 Å². The zero-order valence-electron chi connectivity index (χ0n) is 14.2. The Bertz CT molecular complexity index is 639. The molecule has 0 bridgehead atoms. The van der Waals surface area contributed by atoms with Crippen LogP contribution in [0.1, 0.15) is 5.56 Å². The van der Waals surface area contributed by atoms with E-state index in [-0.39, 0.29) is 19.0 Å². The molecule has 0 spiro atoms. The molecule has 0 unspecified atom stereocenters. The fraction of sp³-hybridized carbons (Fsp3) is 0.368. The molecule has 0 aliphatic heterocycles. The van der Waals surface area contributed by atoms with E-state index < -0.39 is 6.10 Å². The van der Waals surface area contributed by atoms with Crippen molar-refractivity contribution < 1.29 is 19.0 Å². The molecule has 6 heteroatoms. The van der Waals surface area contributed by atoms with Crippen LogP contribution in [0.3, 0.4) is 0 Å².